The van der Waals surface area contributed by atoms with Gasteiger partial charge in [0.2, 0.25) is 15.9 Å². The number of thioether (sulfide) groups is 1. The van der Waals surface area contributed by atoms with Gasteiger partial charge in [-0.2, -0.15) is 20.2 Å². The van der Waals surface area contributed by atoms with Gasteiger partial charge in [0.1, 0.15) is 11.9 Å². The Balaban J connectivity index is 2.12. The Morgan fingerprint density at radius 1 is 1.23 bits per heavy atom. The van der Waals surface area contributed by atoms with E-state index < -0.39 is 32.0 Å². The first kappa shape index (κ1) is 24.6. The van der Waals surface area contributed by atoms with E-state index in [0.717, 1.165) is 13.0 Å². The van der Waals surface area contributed by atoms with Gasteiger partial charge >= 0.3 is 0 Å². The zero-order valence-corrected chi connectivity index (χ0v) is 19.7. The molecule has 1 fully saturated rings. The number of nitrogens with one attached hydrogen (secondary N) is 2. The third-order valence-corrected chi connectivity index (χ3v) is 7.98. The molecule has 2 N–H and O–H groups in total. The quantitative estimate of drug-likeness (QED) is 0.524. The van der Waals surface area contributed by atoms with E-state index >= 15 is 0 Å². The van der Waals surface area contributed by atoms with Crippen molar-refractivity contribution in [1.29, 1.82) is 0 Å². The first-order valence-corrected chi connectivity index (χ1v) is 14.0. The highest BCUT2D eigenvalue weighted by atomic mass is 32.2. The first-order chi connectivity index (χ1) is 14.1. The zero-order valence-electron chi connectivity index (χ0n) is 17.3. The molecular formula is C18H28N4O5S3. The predicted molar refractivity (Wildman–Crippen MR) is 121 cm³/mol. The maximum atomic E-state index is 12.6. The number of sulfonamides is 2. The summed E-state index contributed by atoms with van der Waals surface area (Å²) < 4.78 is 55.1. The number of hydrogen-bond donors (Lipinski definition) is 2. The van der Waals surface area contributed by atoms with Crippen LogP contribution in [0.15, 0.2) is 33.6 Å². The number of likely N-dealkylation sites (tertiary alicyclic amines) is 1. The first-order valence-electron chi connectivity index (χ1n) is 9.53. The summed E-state index contributed by atoms with van der Waals surface area (Å²) in [6.45, 7) is 2.27. The normalized spacial score (nSPS) is 17.3. The second kappa shape index (κ2) is 10.6. The summed E-state index contributed by atoms with van der Waals surface area (Å²) in [4.78, 5) is 14.4. The van der Waals surface area contributed by atoms with Gasteiger partial charge in [-0.25, -0.2) is 13.1 Å². The molecule has 1 heterocycles. The summed E-state index contributed by atoms with van der Waals surface area (Å²) in [6.07, 6.45) is 3.70. The van der Waals surface area contributed by atoms with Crippen LogP contribution in [0, 0.1) is 0 Å². The molecule has 1 aromatic carbocycles. The number of carbonyl (C=O) groups is 1. The molecule has 168 valence electrons. The van der Waals surface area contributed by atoms with Crippen LogP contribution in [0.1, 0.15) is 26.2 Å². The summed E-state index contributed by atoms with van der Waals surface area (Å²) in [5.41, 5.74) is 0.370. The SMILES string of the molecule is CCS(=O)(=O)NC(CCSC)C(=O)Nc1ccc(S(=O)(=O)/N=C2/CCCN2C)cc1. The van der Waals surface area contributed by atoms with Crippen LogP contribution >= 0.6 is 11.8 Å². The van der Waals surface area contributed by atoms with E-state index in [1.807, 2.05) is 11.2 Å². The van der Waals surface area contributed by atoms with E-state index in [-0.39, 0.29) is 10.6 Å². The fourth-order valence-electron chi connectivity index (χ4n) is 2.82. The summed E-state index contributed by atoms with van der Waals surface area (Å²) in [6, 6.07) is 4.76. The van der Waals surface area contributed by atoms with Crippen molar-refractivity contribution >= 4 is 49.2 Å². The minimum absolute atomic E-state index is 0.0268. The Bertz CT molecular complexity index is 976. The Kier molecular flexibility index (Phi) is 8.71. The van der Waals surface area contributed by atoms with Gasteiger partial charge in [-0.1, -0.05) is 0 Å². The van der Waals surface area contributed by atoms with E-state index in [1.54, 1.807) is 7.05 Å². The topological polar surface area (TPSA) is 125 Å². The molecule has 12 heteroatoms. The zero-order chi connectivity index (χ0) is 22.4. The third-order valence-electron chi connectivity index (χ3n) is 4.61. The van der Waals surface area contributed by atoms with Crippen LogP contribution in [0.4, 0.5) is 5.69 Å². The predicted octanol–water partition coefficient (Wildman–Crippen LogP) is 1.50. The molecule has 30 heavy (non-hydrogen) atoms. The highest BCUT2D eigenvalue weighted by Crippen LogP contribution is 2.19. The lowest BCUT2D eigenvalue weighted by atomic mass is 10.2. The second-order valence-electron chi connectivity index (χ2n) is 6.88. The Hall–Kier alpha value is -1.63. The molecule has 0 aromatic heterocycles. The molecule has 1 atom stereocenters. The number of nitrogens with zero attached hydrogens (tertiary/aromatic N) is 2. The number of hydrogen-bond acceptors (Lipinski definition) is 6. The molecule has 0 aliphatic carbocycles. The number of anilines is 1. The van der Waals surface area contributed by atoms with E-state index in [2.05, 4.69) is 14.4 Å². The van der Waals surface area contributed by atoms with Gasteiger partial charge in [0, 0.05) is 25.7 Å². The molecule has 0 saturated carbocycles. The molecule has 1 saturated heterocycles. The third kappa shape index (κ3) is 6.96. The number of carbonyl (C=O) groups excluding carboxylic acids is 1. The van der Waals surface area contributed by atoms with Gasteiger partial charge < -0.3 is 10.2 Å². The molecular weight excluding hydrogens is 448 g/mol. The Labute approximate surface area is 182 Å². The van der Waals surface area contributed by atoms with Gasteiger partial charge in [0.15, 0.2) is 0 Å². The molecule has 9 nitrogen and oxygen atoms in total. The van der Waals surface area contributed by atoms with Gasteiger partial charge in [-0.15, -0.1) is 4.40 Å². The Morgan fingerprint density at radius 2 is 1.90 bits per heavy atom. The van der Waals surface area contributed by atoms with Crippen molar-refractivity contribution in [3.05, 3.63) is 24.3 Å². The number of rotatable bonds is 10. The smallest absolute Gasteiger partial charge is 0.283 e. The maximum Gasteiger partial charge on any atom is 0.283 e. The summed E-state index contributed by atoms with van der Waals surface area (Å²) in [7, 11) is -5.58. The highest BCUT2D eigenvalue weighted by molar-refractivity contribution is 7.98. The Morgan fingerprint density at radius 3 is 2.43 bits per heavy atom. The number of amides is 1. The van der Waals surface area contributed by atoms with E-state index in [1.165, 1.54) is 43.0 Å². The summed E-state index contributed by atoms with van der Waals surface area (Å²) >= 11 is 1.51. The van der Waals surface area contributed by atoms with E-state index in [0.29, 0.717) is 30.1 Å². The monoisotopic (exact) mass is 476 g/mol. The average molecular weight is 477 g/mol. The lowest BCUT2D eigenvalue weighted by Crippen LogP contribution is -2.44. The lowest BCUT2D eigenvalue weighted by Gasteiger charge is -2.18. The van der Waals surface area contributed by atoms with E-state index in [4.69, 9.17) is 0 Å². The van der Waals surface area contributed by atoms with Gasteiger partial charge in [0.25, 0.3) is 10.0 Å². The lowest BCUT2D eigenvalue weighted by molar-refractivity contribution is -0.117. The standard InChI is InChI=1S/C18H28N4O5S3/c1-4-29(24,25)20-16(11-13-28-3)18(23)19-14-7-9-15(10-8-14)30(26,27)21-17-6-5-12-22(17)2/h7-10,16,20H,4-6,11-13H2,1-3H3,(H,19,23)/b21-17-. The van der Waals surface area contributed by atoms with Crippen molar-refractivity contribution in [3.8, 4) is 0 Å². The van der Waals surface area contributed by atoms with Crippen molar-refractivity contribution in [3.63, 3.8) is 0 Å². The van der Waals surface area contributed by atoms with Crippen LogP contribution in [0.3, 0.4) is 0 Å². The van der Waals surface area contributed by atoms with Crippen LogP contribution in [0.5, 0.6) is 0 Å². The molecule has 1 aromatic rings. The number of amidine groups is 1. The van der Waals surface area contributed by atoms with Gasteiger partial charge in [0.05, 0.1) is 10.6 Å². The van der Waals surface area contributed by atoms with Crippen molar-refractivity contribution in [1.82, 2.24) is 9.62 Å². The van der Waals surface area contributed by atoms with Crippen molar-refractivity contribution in [2.45, 2.75) is 37.1 Å². The summed E-state index contributed by atoms with van der Waals surface area (Å²) in [5.74, 6) is 0.521. The average Bonchev–Trinajstić information content (AvgIpc) is 3.09. The van der Waals surface area contributed by atoms with E-state index in [9.17, 15) is 21.6 Å². The molecule has 0 spiro atoms. The number of benzene rings is 1. The van der Waals surface area contributed by atoms with Crippen molar-refractivity contribution in [2.75, 3.05) is 36.7 Å². The van der Waals surface area contributed by atoms with Crippen LogP contribution < -0.4 is 10.0 Å². The minimum Gasteiger partial charge on any atom is -0.362 e. The largest absolute Gasteiger partial charge is 0.362 e. The minimum atomic E-state index is -3.84. The van der Waals surface area contributed by atoms with Crippen LogP contribution in [-0.2, 0) is 24.8 Å². The van der Waals surface area contributed by atoms with Gasteiger partial charge in [-0.3, -0.25) is 4.79 Å². The molecule has 1 aliphatic heterocycles. The molecule has 1 unspecified atom stereocenters. The van der Waals surface area contributed by atoms with Crippen LogP contribution in [0.2, 0.25) is 0 Å². The maximum absolute atomic E-state index is 12.6. The molecule has 0 bridgehead atoms. The molecule has 1 amide bonds. The van der Waals surface area contributed by atoms with Crippen molar-refractivity contribution in [2.24, 2.45) is 4.40 Å². The highest BCUT2D eigenvalue weighted by Gasteiger charge is 2.24. The van der Waals surface area contributed by atoms with Crippen LogP contribution in [-0.4, -0.2) is 70.9 Å². The molecule has 1 aliphatic rings. The summed E-state index contributed by atoms with van der Waals surface area (Å²) in [5, 5.41) is 2.64. The van der Waals surface area contributed by atoms with Crippen molar-refractivity contribution < 1.29 is 21.6 Å². The molecule has 2 rings (SSSR count). The fraction of sp³-hybridized carbons (Fsp3) is 0.556. The second-order valence-corrected chi connectivity index (χ2v) is 11.5. The van der Waals surface area contributed by atoms with Gasteiger partial charge in [-0.05, 0) is 56.0 Å². The van der Waals surface area contributed by atoms with Crippen LogP contribution in [0.25, 0.3) is 0 Å². The molecule has 0 radical (unpaired) electrons. The fourth-order valence-corrected chi connectivity index (χ4v) is 5.21.